The van der Waals surface area contributed by atoms with Gasteiger partial charge in [0, 0.05) is 35.1 Å². The van der Waals surface area contributed by atoms with Gasteiger partial charge >= 0.3 is 0 Å². The Morgan fingerprint density at radius 2 is 2.00 bits per heavy atom. The molecule has 1 aliphatic rings. The molecule has 0 saturated heterocycles. The van der Waals surface area contributed by atoms with Crippen LogP contribution in [-0.2, 0) is 13.0 Å². The predicted octanol–water partition coefficient (Wildman–Crippen LogP) is 3.97. The molecule has 8 nitrogen and oxygen atoms in total. The summed E-state index contributed by atoms with van der Waals surface area (Å²) in [7, 11) is 0. The van der Waals surface area contributed by atoms with Crippen LogP contribution in [0.25, 0.3) is 21.5 Å². The number of thiazole rings is 1. The molecule has 32 heavy (non-hydrogen) atoms. The lowest BCUT2D eigenvalue weighted by Crippen LogP contribution is -2.28. The third kappa shape index (κ3) is 3.80. The summed E-state index contributed by atoms with van der Waals surface area (Å²) in [6, 6.07) is 8.27. The molecule has 1 aromatic carbocycles. The second-order valence-corrected chi connectivity index (χ2v) is 8.92. The summed E-state index contributed by atoms with van der Waals surface area (Å²) in [5.41, 5.74) is 17.9. The van der Waals surface area contributed by atoms with Crippen LogP contribution in [0.3, 0.4) is 0 Å². The highest BCUT2D eigenvalue weighted by molar-refractivity contribution is 7.21. The van der Waals surface area contributed by atoms with Crippen LogP contribution in [0.5, 0.6) is 5.75 Å². The average Bonchev–Trinajstić information content (AvgIpc) is 3.01. The number of rotatable bonds is 4. The molecule has 3 aromatic heterocycles. The van der Waals surface area contributed by atoms with Gasteiger partial charge < -0.3 is 21.1 Å². The number of nitrogen functional groups attached to an aromatic ring is 2. The topological polar surface area (TPSA) is 116 Å². The lowest BCUT2D eigenvalue weighted by molar-refractivity contribution is 0.331. The monoisotopic (exact) mass is 447 g/mol. The van der Waals surface area contributed by atoms with Crippen molar-refractivity contribution in [1.29, 1.82) is 0 Å². The number of aryl methyl sites for hydroxylation is 1. The van der Waals surface area contributed by atoms with Gasteiger partial charge in [0.1, 0.15) is 28.5 Å². The van der Waals surface area contributed by atoms with E-state index in [1.165, 1.54) is 11.3 Å². The van der Waals surface area contributed by atoms with Crippen LogP contribution in [0.4, 0.5) is 16.9 Å². The van der Waals surface area contributed by atoms with Crippen LogP contribution in [-0.4, -0.2) is 33.1 Å². The fourth-order valence-electron chi connectivity index (χ4n) is 4.16. The van der Waals surface area contributed by atoms with Crippen molar-refractivity contribution in [3.8, 4) is 16.9 Å². The minimum absolute atomic E-state index is 0.304. The van der Waals surface area contributed by atoms with Crippen molar-refractivity contribution >= 4 is 38.6 Å². The lowest BCUT2D eigenvalue weighted by Gasteiger charge is -2.25. The standard InChI is InChI=1S/C23H25N7OS/c1-3-4-17-13(2)27-22(24)29-20(17)30-7-8-31-19-6-5-14(9-16(19)12-30)15-10-18-21(26-11-15)32-23(25)28-18/h5-6,9-11H,3-4,7-8,12H2,1-2H3,(H2,25,28)(H2,24,27,29). The third-order valence-corrected chi connectivity index (χ3v) is 6.46. The number of nitrogens with zero attached hydrogens (tertiary/aromatic N) is 5. The molecule has 5 rings (SSSR count). The van der Waals surface area contributed by atoms with Crippen molar-refractivity contribution in [3.05, 3.63) is 47.3 Å². The van der Waals surface area contributed by atoms with Gasteiger partial charge in [-0.15, -0.1) is 0 Å². The fourth-order valence-corrected chi connectivity index (χ4v) is 4.82. The van der Waals surface area contributed by atoms with E-state index in [-0.39, 0.29) is 0 Å². The van der Waals surface area contributed by atoms with Crippen LogP contribution in [0, 0.1) is 6.92 Å². The van der Waals surface area contributed by atoms with E-state index >= 15 is 0 Å². The van der Waals surface area contributed by atoms with Gasteiger partial charge in [0.25, 0.3) is 0 Å². The molecule has 4 N–H and O–H groups in total. The van der Waals surface area contributed by atoms with Gasteiger partial charge in [-0.05, 0) is 37.1 Å². The average molecular weight is 448 g/mol. The Hall–Kier alpha value is -3.46. The quantitative estimate of drug-likeness (QED) is 0.483. The van der Waals surface area contributed by atoms with Gasteiger partial charge in [-0.3, -0.25) is 0 Å². The number of benzene rings is 1. The number of hydrogen-bond acceptors (Lipinski definition) is 9. The van der Waals surface area contributed by atoms with Crippen LogP contribution in [0.1, 0.15) is 30.2 Å². The van der Waals surface area contributed by atoms with Gasteiger partial charge in [-0.1, -0.05) is 30.7 Å². The van der Waals surface area contributed by atoms with E-state index in [1.54, 1.807) is 0 Å². The molecular formula is C23H25N7OS. The van der Waals surface area contributed by atoms with E-state index in [2.05, 4.69) is 43.9 Å². The first kappa shape index (κ1) is 20.4. The Labute approximate surface area is 190 Å². The molecule has 1 aliphatic heterocycles. The highest BCUT2D eigenvalue weighted by atomic mass is 32.1. The number of ether oxygens (including phenoxy) is 1. The second-order valence-electron chi connectivity index (χ2n) is 7.91. The molecule has 0 saturated carbocycles. The first-order chi connectivity index (χ1) is 15.5. The molecule has 0 amide bonds. The first-order valence-electron chi connectivity index (χ1n) is 10.7. The minimum Gasteiger partial charge on any atom is -0.491 e. The number of nitrogens with two attached hydrogens (primary N) is 2. The Morgan fingerprint density at radius 1 is 1.12 bits per heavy atom. The lowest BCUT2D eigenvalue weighted by atomic mass is 10.0. The molecule has 4 aromatic rings. The van der Waals surface area contributed by atoms with Crippen molar-refractivity contribution < 1.29 is 4.74 Å². The predicted molar refractivity (Wildman–Crippen MR) is 129 cm³/mol. The van der Waals surface area contributed by atoms with Crippen LogP contribution < -0.4 is 21.1 Å². The highest BCUT2D eigenvalue weighted by Crippen LogP contribution is 2.33. The maximum Gasteiger partial charge on any atom is 0.222 e. The van der Waals surface area contributed by atoms with Crippen molar-refractivity contribution in [2.45, 2.75) is 33.2 Å². The first-order valence-corrected chi connectivity index (χ1v) is 11.5. The normalized spacial score (nSPS) is 13.6. The van der Waals surface area contributed by atoms with Crippen LogP contribution >= 0.6 is 11.3 Å². The molecule has 0 spiro atoms. The Bertz CT molecular complexity index is 1300. The minimum atomic E-state index is 0.304. The molecule has 4 heterocycles. The van der Waals surface area contributed by atoms with E-state index in [4.69, 9.17) is 16.2 Å². The zero-order chi connectivity index (χ0) is 22.2. The molecule has 0 fully saturated rings. The molecule has 0 atom stereocenters. The number of fused-ring (bicyclic) bond motifs is 2. The summed E-state index contributed by atoms with van der Waals surface area (Å²) in [5.74, 6) is 2.09. The van der Waals surface area contributed by atoms with Gasteiger partial charge in [0.2, 0.25) is 5.95 Å². The molecule has 9 heteroatoms. The SMILES string of the molecule is CCCc1c(C)nc(N)nc1N1CCOc2ccc(-c3cnc4sc(N)nc4c3)cc2C1. The Kier molecular flexibility index (Phi) is 5.26. The Morgan fingerprint density at radius 3 is 2.84 bits per heavy atom. The van der Waals surface area contributed by atoms with Crippen LogP contribution in [0.15, 0.2) is 30.5 Å². The van der Waals surface area contributed by atoms with Gasteiger partial charge in [0.05, 0.1) is 6.54 Å². The fraction of sp³-hybridized carbons (Fsp3) is 0.304. The van der Waals surface area contributed by atoms with E-state index in [9.17, 15) is 0 Å². The summed E-state index contributed by atoms with van der Waals surface area (Å²) in [6.07, 6.45) is 3.79. The molecule has 0 aliphatic carbocycles. The third-order valence-electron chi connectivity index (χ3n) is 5.65. The van der Waals surface area contributed by atoms with Gasteiger partial charge in [0.15, 0.2) is 5.13 Å². The maximum atomic E-state index is 6.07. The van der Waals surface area contributed by atoms with E-state index in [0.717, 1.165) is 69.2 Å². The van der Waals surface area contributed by atoms with Crippen molar-refractivity contribution in [2.24, 2.45) is 0 Å². The van der Waals surface area contributed by atoms with Gasteiger partial charge in [-0.2, -0.15) is 4.98 Å². The summed E-state index contributed by atoms with van der Waals surface area (Å²) in [5, 5.41) is 0.526. The van der Waals surface area contributed by atoms with Crippen LogP contribution in [0.2, 0.25) is 0 Å². The molecule has 0 bridgehead atoms. The number of aromatic nitrogens is 4. The zero-order valence-corrected chi connectivity index (χ0v) is 18.9. The second kappa shape index (κ2) is 8.23. The Balaban J connectivity index is 1.52. The van der Waals surface area contributed by atoms with E-state index in [1.807, 2.05) is 25.3 Å². The molecule has 0 radical (unpaired) electrons. The largest absolute Gasteiger partial charge is 0.491 e. The molecule has 0 unspecified atom stereocenters. The summed E-state index contributed by atoms with van der Waals surface area (Å²) < 4.78 is 6.07. The number of anilines is 3. The highest BCUT2D eigenvalue weighted by Gasteiger charge is 2.22. The molecule has 164 valence electrons. The maximum absolute atomic E-state index is 6.07. The van der Waals surface area contributed by atoms with E-state index < -0.39 is 0 Å². The smallest absolute Gasteiger partial charge is 0.222 e. The zero-order valence-electron chi connectivity index (χ0n) is 18.1. The van der Waals surface area contributed by atoms with Crippen molar-refractivity contribution in [3.63, 3.8) is 0 Å². The summed E-state index contributed by atoms with van der Waals surface area (Å²) in [4.78, 5) is 21.0. The molecular weight excluding hydrogens is 422 g/mol. The summed E-state index contributed by atoms with van der Waals surface area (Å²) >= 11 is 1.39. The number of hydrogen-bond donors (Lipinski definition) is 2. The number of pyridine rings is 1. The summed E-state index contributed by atoms with van der Waals surface area (Å²) in [6.45, 7) is 6.14. The van der Waals surface area contributed by atoms with Crippen molar-refractivity contribution in [1.82, 2.24) is 19.9 Å². The van der Waals surface area contributed by atoms with E-state index in [0.29, 0.717) is 24.2 Å². The van der Waals surface area contributed by atoms with Crippen molar-refractivity contribution in [2.75, 3.05) is 29.5 Å². The van der Waals surface area contributed by atoms with Gasteiger partial charge in [-0.25, -0.2) is 15.0 Å².